The standard InChI is InChI=1S/C26H28O14/c27-6-13-18(32)21(35)23(37)26(40-13)15-19(33)14-10(29)5-12(8-1-3-9(28)4-2-8)39-24(14)16(20(15)34)25-22(36)17(31)11(30)7-38-25/h1-5,11,13,17-18,21-23,25-28,30-37H,6-7H2/t11-,13+,17-,18-,21+,22-,23+,25-,26-/m0/s1. The topological polar surface area (TPSA) is 251 Å². The zero-order valence-electron chi connectivity index (χ0n) is 20.6. The van der Waals surface area contributed by atoms with Crippen molar-refractivity contribution in [2.24, 2.45) is 0 Å². The Morgan fingerprint density at radius 2 is 1.43 bits per heavy atom. The number of rotatable bonds is 4. The van der Waals surface area contributed by atoms with Gasteiger partial charge in [0.15, 0.2) is 11.0 Å². The van der Waals surface area contributed by atoms with Crippen molar-refractivity contribution in [1.29, 1.82) is 0 Å². The van der Waals surface area contributed by atoms with Crippen molar-refractivity contribution in [3.8, 4) is 28.6 Å². The average Bonchev–Trinajstić information content (AvgIpc) is 2.92. The maximum absolute atomic E-state index is 13.4. The number of aliphatic hydroxyl groups is 7. The van der Waals surface area contributed by atoms with Crippen LogP contribution in [0, 0.1) is 0 Å². The highest BCUT2D eigenvalue weighted by atomic mass is 16.5. The van der Waals surface area contributed by atoms with Gasteiger partial charge >= 0.3 is 0 Å². The molecule has 2 aliphatic rings. The molecule has 0 spiro atoms. The van der Waals surface area contributed by atoms with Gasteiger partial charge in [0.25, 0.3) is 0 Å². The molecule has 2 saturated heterocycles. The maximum atomic E-state index is 13.4. The smallest absolute Gasteiger partial charge is 0.197 e. The molecule has 2 aliphatic heterocycles. The van der Waals surface area contributed by atoms with Crippen LogP contribution >= 0.6 is 0 Å². The van der Waals surface area contributed by atoms with Crippen LogP contribution in [0.1, 0.15) is 23.3 Å². The first-order valence-corrected chi connectivity index (χ1v) is 12.3. The van der Waals surface area contributed by atoms with Crippen LogP contribution in [0.5, 0.6) is 17.2 Å². The molecule has 14 heteroatoms. The summed E-state index contributed by atoms with van der Waals surface area (Å²) in [6.45, 7) is -1.34. The van der Waals surface area contributed by atoms with Crippen LogP contribution in [0.2, 0.25) is 0 Å². The molecule has 3 aromatic rings. The van der Waals surface area contributed by atoms with Crippen LogP contribution in [0.4, 0.5) is 0 Å². The third-order valence-electron chi connectivity index (χ3n) is 7.31. The number of benzene rings is 2. The summed E-state index contributed by atoms with van der Waals surface area (Å²) >= 11 is 0. The van der Waals surface area contributed by atoms with Crippen molar-refractivity contribution in [1.82, 2.24) is 0 Å². The van der Waals surface area contributed by atoms with E-state index in [2.05, 4.69) is 0 Å². The van der Waals surface area contributed by atoms with Crippen LogP contribution in [0.15, 0.2) is 39.5 Å². The van der Waals surface area contributed by atoms with Gasteiger partial charge in [-0.05, 0) is 24.3 Å². The summed E-state index contributed by atoms with van der Waals surface area (Å²) in [7, 11) is 0. The summed E-state index contributed by atoms with van der Waals surface area (Å²) in [5.41, 5.74) is -2.15. The van der Waals surface area contributed by atoms with E-state index in [4.69, 9.17) is 13.9 Å². The number of ether oxygens (including phenoxy) is 2. The lowest BCUT2D eigenvalue weighted by atomic mass is 9.85. The molecule has 14 nitrogen and oxygen atoms in total. The van der Waals surface area contributed by atoms with E-state index in [9.17, 15) is 55.9 Å². The van der Waals surface area contributed by atoms with E-state index in [-0.39, 0.29) is 11.5 Å². The molecule has 9 atom stereocenters. The fourth-order valence-electron chi connectivity index (χ4n) is 5.11. The fourth-order valence-corrected chi connectivity index (χ4v) is 5.11. The summed E-state index contributed by atoms with van der Waals surface area (Å²) < 4.78 is 16.9. The van der Waals surface area contributed by atoms with Gasteiger partial charge in [-0.15, -0.1) is 0 Å². The van der Waals surface area contributed by atoms with E-state index in [1.54, 1.807) is 0 Å². The summed E-state index contributed by atoms with van der Waals surface area (Å²) in [5.74, 6) is -2.01. The third-order valence-corrected chi connectivity index (χ3v) is 7.31. The summed E-state index contributed by atoms with van der Waals surface area (Å²) in [4.78, 5) is 13.4. The van der Waals surface area contributed by atoms with Gasteiger partial charge < -0.3 is 65.0 Å². The molecule has 3 heterocycles. The normalized spacial score (nSPS) is 32.8. The number of phenolic OH excluding ortho intramolecular Hbond substituents is 3. The molecule has 0 bridgehead atoms. The molecular weight excluding hydrogens is 536 g/mol. The Morgan fingerprint density at radius 1 is 0.775 bits per heavy atom. The highest BCUT2D eigenvalue weighted by molar-refractivity contribution is 5.92. The molecule has 40 heavy (non-hydrogen) atoms. The molecule has 1 aromatic heterocycles. The number of aromatic hydroxyl groups is 3. The van der Waals surface area contributed by atoms with Gasteiger partial charge in [0.2, 0.25) is 0 Å². The molecular formula is C26H28O14. The van der Waals surface area contributed by atoms with Gasteiger partial charge in [-0.3, -0.25) is 4.79 Å². The van der Waals surface area contributed by atoms with E-state index in [0.717, 1.165) is 6.07 Å². The molecule has 2 fully saturated rings. The van der Waals surface area contributed by atoms with Gasteiger partial charge in [-0.2, -0.15) is 0 Å². The van der Waals surface area contributed by atoms with E-state index in [1.807, 2.05) is 0 Å². The zero-order valence-corrected chi connectivity index (χ0v) is 20.6. The van der Waals surface area contributed by atoms with Crippen LogP contribution in [0.3, 0.4) is 0 Å². The van der Waals surface area contributed by atoms with Crippen molar-refractivity contribution in [2.75, 3.05) is 13.2 Å². The van der Waals surface area contributed by atoms with Crippen LogP contribution in [0.25, 0.3) is 22.3 Å². The Morgan fingerprint density at radius 3 is 2.08 bits per heavy atom. The molecule has 0 aliphatic carbocycles. The highest BCUT2D eigenvalue weighted by Crippen LogP contribution is 2.50. The van der Waals surface area contributed by atoms with Gasteiger partial charge in [0.1, 0.15) is 83.3 Å². The molecule has 0 amide bonds. The number of hydrogen-bond donors (Lipinski definition) is 10. The Balaban J connectivity index is 1.80. The largest absolute Gasteiger partial charge is 0.508 e. The van der Waals surface area contributed by atoms with Crippen LogP contribution in [-0.4, -0.2) is 107 Å². The van der Waals surface area contributed by atoms with Crippen LogP contribution in [-0.2, 0) is 9.47 Å². The van der Waals surface area contributed by atoms with Gasteiger partial charge in [-0.1, -0.05) is 0 Å². The molecule has 216 valence electrons. The minimum absolute atomic E-state index is 0.0710. The lowest BCUT2D eigenvalue weighted by molar-refractivity contribution is -0.232. The molecule has 5 rings (SSSR count). The lowest BCUT2D eigenvalue weighted by Gasteiger charge is -2.41. The molecule has 0 radical (unpaired) electrons. The minimum Gasteiger partial charge on any atom is -0.508 e. The number of aliphatic hydroxyl groups excluding tert-OH is 7. The third kappa shape index (κ3) is 4.49. The first kappa shape index (κ1) is 28.2. The SMILES string of the molecule is O=c1cc(-c2ccc(O)cc2)oc2c([C@@H]3OC[C@H](O)[C@H](O)[C@@H]3O)c(O)c([C@@H]3O[C@H](CO)[C@H](O)[C@@H](O)[C@H]3O)c(O)c12. The molecule has 0 unspecified atom stereocenters. The monoisotopic (exact) mass is 564 g/mol. The zero-order chi connectivity index (χ0) is 29.0. The second-order valence-corrected chi connectivity index (χ2v) is 9.80. The molecule has 2 aromatic carbocycles. The van der Waals surface area contributed by atoms with Crippen molar-refractivity contribution in [2.45, 2.75) is 54.9 Å². The Labute approximate surface area is 224 Å². The predicted octanol–water partition coefficient (Wildman–Crippen LogP) is -1.75. The van der Waals surface area contributed by atoms with E-state index < -0.39 is 107 Å². The second kappa shape index (κ2) is 10.6. The summed E-state index contributed by atoms with van der Waals surface area (Å²) in [5, 5.41) is 104. The van der Waals surface area contributed by atoms with Crippen LogP contribution < -0.4 is 5.43 Å². The molecule has 0 saturated carbocycles. The van der Waals surface area contributed by atoms with E-state index in [0.29, 0.717) is 5.56 Å². The first-order valence-electron chi connectivity index (χ1n) is 12.3. The van der Waals surface area contributed by atoms with Gasteiger partial charge in [-0.25, -0.2) is 0 Å². The average molecular weight is 564 g/mol. The predicted molar refractivity (Wildman–Crippen MR) is 132 cm³/mol. The fraction of sp³-hybridized carbons (Fsp3) is 0.423. The van der Waals surface area contributed by atoms with Crippen molar-refractivity contribution >= 4 is 11.0 Å². The highest BCUT2D eigenvalue weighted by Gasteiger charge is 2.48. The van der Waals surface area contributed by atoms with E-state index >= 15 is 0 Å². The lowest BCUT2D eigenvalue weighted by Crippen LogP contribution is -2.55. The molecule has 10 N–H and O–H groups in total. The number of fused-ring (bicyclic) bond motifs is 1. The van der Waals surface area contributed by atoms with Crippen molar-refractivity contribution in [3.63, 3.8) is 0 Å². The van der Waals surface area contributed by atoms with E-state index in [1.165, 1.54) is 24.3 Å². The van der Waals surface area contributed by atoms with Crippen molar-refractivity contribution in [3.05, 3.63) is 51.7 Å². The maximum Gasteiger partial charge on any atom is 0.197 e. The summed E-state index contributed by atoms with van der Waals surface area (Å²) in [6, 6.07) is 6.50. The first-order chi connectivity index (χ1) is 19.0. The minimum atomic E-state index is -1.98. The second-order valence-electron chi connectivity index (χ2n) is 9.80. The van der Waals surface area contributed by atoms with Gasteiger partial charge in [0, 0.05) is 11.6 Å². The van der Waals surface area contributed by atoms with Crippen molar-refractivity contribution < 1.29 is 65.0 Å². The van der Waals surface area contributed by atoms with Gasteiger partial charge in [0.05, 0.1) is 24.3 Å². The Kier molecular flexibility index (Phi) is 7.47. The number of phenols is 3. The number of hydrogen-bond acceptors (Lipinski definition) is 14. The summed E-state index contributed by atoms with van der Waals surface area (Å²) in [6.07, 6.45) is -15.7. The Bertz CT molecular complexity index is 1450. The Hall–Kier alpha value is -3.31. The quantitative estimate of drug-likeness (QED) is 0.169.